The molecule has 2 rings (SSSR count). The van der Waals surface area contributed by atoms with E-state index in [9.17, 15) is 10.1 Å². The fourth-order valence-corrected chi connectivity index (χ4v) is 1.97. The van der Waals surface area contributed by atoms with E-state index in [1.165, 1.54) is 25.0 Å². The van der Waals surface area contributed by atoms with Gasteiger partial charge in [0.1, 0.15) is 11.6 Å². The minimum absolute atomic E-state index is 0.00870. The maximum Gasteiger partial charge on any atom is 0.276 e. The van der Waals surface area contributed by atoms with Gasteiger partial charge in [-0.15, -0.1) is 0 Å². The molecular formula is C12H18N4O2. The molecule has 0 saturated heterocycles. The Labute approximate surface area is 106 Å². The second-order valence-electron chi connectivity index (χ2n) is 4.75. The first-order chi connectivity index (χ1) is 8.60. The van der Waals surface area contributed by atoms with Crippen LogP contribution >= 0.6 is 0 Å². The molecule has 0 aromatic carbocycles. The number of nitrogens with zero attached hydrogens (tertiary/aromatic N) is 3. The predicted octanol–water partition coefficient (Wildman–Crippen LogP) is 2.20. The topological polar surface area (TPSA) is 85.3 Å². The highest BCUT2D eigenvalue weighted by Gasteiger charge is 2.25. The molecule has 98 valence electrons. The summed E-state index contributed by atoms with van der Waals surface area (Å²) in [6.07, 6.45) is 3.46. The lowest BCUT2D eigenvalue weighted by atomic mass is 10.3. The van der Waals surface area contributed by atoms with Crippen LogP contribution in [0.4, 0.5) is 17.3 Å². The number of aromatic nitrogens is 1. The Morgan fingerprint density at radius 1 is 1.56 bits per heavy atom. The van der Waals surface area contributed by atoms with Gasteiger partial charge in [0.15, 0.2) is 0 Å². The van der Waals surface area contributed by atoms with Gasteiger partial charge in [-0.3, -0.25) is 10.1 Å². The highest BCUT2D eigenvalue weighted by atomic mass is 16.6. The van der Waals surface area contributed by atoms with E-state index in [1.54, 1.807) is 0 Å². The van der Waals surface area contributed by atoms with E-state index in [1.807, 2.05) is 0 Å². The van der Waals surface area contributed by atoms with Crippen molar-refractivity contribution in [3.63, 3.8) is 0 Å². The molecule has 6 heteroatoms. The average molecular weight is 250 g/mol. The maximum atomic E-state index is 10.8. The Kier molecular flexibility index (Phi) is 3.64. The van der Waals surface area contributed by atoms with Crippen molar-refractivity contribution >= 4 is 17.3 Å². The lowest BCUT2D eigenvalue weighted by Crippen LogP contribution is -2.27. The van der Waals surface area contributed by atoms with E-state index in [-0.39, 0.29) is 11.5 Å². The third-order valence-corrected chi connectivity index (χ3v) is 3.02. The number of anilines is 2. The van der Waals surface area contributed by atoms with E-state index >= 15 is 0 Å². The monoisotopic (exact) mass is 250 g/mol. The van der Waals surface area contributed by atoms with E-state index < -0.39 is 4.92 Å². The molecular weight excluding hydrogens is 232 g/mol. The molecule has 1 aromatic heterocycles. The fraction of sp³-hybridized carbons (Fsp3) is 0.583. The Morgan fingerprint density at radius 2 is 2.28 bits per heavy atom. The van der Waals surface area contributed by atoms with Gasteiger partial charge in [-0.05, 0) is 25.2 Å². The zero-order valence-corrected chi connectivity index (χ0v) is 10.5. The van der Waals surface area contributed by atoms with E-state index in [2.05, 4.69) is 16.8 Å². The molecule has 0 unspecified atom stereocenters. The molecule has 2 N–H and O–H groups in total. The lowest BCUT2D eigenvalue weighted by Gasteiger charge is -2.23. The SMILES string of the molecule is CCCN(CC1CC1)c1cc([N+](=O)[O-])cc(N)n1. The smallest absolute Gasteiger partial charge is 0.276 e. The summed E-state index contributed by atoms with van der Waals surface area (Å²) in [5.74, 6) is 1.53. The van der Waals surface area contributed by atoms with Gasteiger partial charge in [0.2, 0.25) is 0 Å². The van der Waals surface area contributed by atoms with Gasteiger partial charge in [-0.25, -0.2) is 4.98 Å². The Morgan fingerprint density at radius 3 is 2.83 bits per heavy atom. The van der Waals surface area contributed by atoms with Crippen LogP contribution in [0.1, 0.15) is 26.2 Å². The molecule has 0 aliphatic heterocycles. The van der Waals surface area contributed by atoms with Crippen LogP contribution < -0.4 is 10.6 Å². The Balaban J connectivity index is 2.24. The first-order valence-electron chi connectivity index (χ1n) is 6.27. The molecule has 18 heavy (non-hydrogen) atoms. The largest absolute Gasteiger partial charge is 0.383 e. The minimum Gasteiger partial charge on any atom is -0.383 e. The zero-order chi connectivity index (χ0) is 13.1. The second kappa shape index (κ2) is 5.20. The van der Waals surface area contributed by atoms with Crippen LogP contribution in [0.5, 0.6) is 0 Å². The third kappa shape index (κ3) is 3.09. The van der Waals surface area contributed by atoms with Crippen molar-refractivity contribution in [3.8, 4) is 0 Å². The number of nitrogen functional groups attached to an aromatic ring is 1. The van der Waals surface area contributed by atoms with Crippen LogP contribution in [0, 0.1) is 16.0 Å². The summed E-state index contributed by atoms with van der Waals surface area (Å²) >= 11 is 0. The number of hydrogen-bond acceptors (Lipinski definition) is 5. The molecule has 1 fully saturated rings. The average Bonchev–Trinajstić information content (AvgIpc) is 3.11. The van der Waals surface area contributed by atoms with Crippen molar-refractivity contribution in [2.45, 2.75) is 26.2 Å². The molecule has 1 saturated carbocycles. The van der Waals surface area contributed by atoms with Crippen molar-refractivity contribution in [1.29, 1.82) is 0 Å². The van der Waals surface area contributed by atoms with Crippen LogP contribution in [0.15, 0.2) is 12.1 Å². The molecule has 1 aliphatic rings. The fourth-order valence-electron chi connectivity index (χ4n) is 1.97. The van der Waals surface area contributed by atoms with Gasteiger partial charge in [-0.1, -0.05) is 6.92 Å². The second-order valence-corrected chi connectivity index (χ2v) is 4.75. The highest BCUT2D eigenvalue weighted by molar-refractivity contribution is 5.54. The molecule has 1 aliphatic carbocycles. The van der Waals surface area contributed by atoms with Crippen molar-refractivity contribution in [2.24, 2.45) is 5.92 Å². The Hall–Kier alpha value is -1.85. The summed E-state index contributed by atoms with van der Waals surface area (Å²) in [5.41, 5.74) is 5.64. The normalized spacial score (nSPS) is 14.5. The Bertz CT molecular complexity index is 446. The van der Waals surface area contributed by atoms with Gasteiger partial charge < -0.3 is 10.6 Å². The van der Waals surface area contributed by atoms with Crippen molar-refractivity contribution in [3.05, 3.63) is 22.2 Å². The number of nitro groups is 1. The van der Waals surface area contributed by atoms with Crippen LogP contribution in [-0.2, 0) is 0 Å². The van der Waals surface area contributed by atoms with Crippen molar-refractivity contribution in [2.75, 3.05) is 23.7 Å². The molecule has 0 amide bonds. The number of pyridine rings is 1. The standard InChI is InChI=1S/C12H18N4O2/c1-2-5-15(8-9-3-4-9)12-7-10(16(17)18)6-11(13)14-12/h6-7,9H,2-5,8H2,1H3,(H2,13,14). The molecule has 1 heterocycles. The van der Waals surface area contributed by atoms with Gasteiger partial charge in [0.05, 0.1) is 17.1 Å². The van der Waals surface area contributed by atoms with E-state index in [4.69, 9.17) is 5.73 Å². The van der Waals surface area contributed by atoms with E-state index in [0.29, 0.717) is 11.7 Å². The first kappa shape index (κ1) is 12.6. The number of hydrogen-bond donors (Lipinski definition) is 1. The molecule has 0 spiro atoms. The summed E-state index contributed by atoms with van der Waals surface area (Å²) in [7, 11) is 0. The van der Waals surface area contributed by atoms with Gasteiger partial charge in [-0.2, -0.15) is 0 Å². The molecule has 1 aromatic rings. The summed E-state index contributed by atoms with van der Waals surface area (Å²) in [5, 5.41) is 10.8. The molecule has 0 bridgehead atoms. The van der Waals surface area contributed by atoms with E-state index in [0.717, 1.165) is 19.5 Å². The van der Waals surface area contributed by atoms with Crippen LogP contribution in [0.2, 0.25) is 0 Å². The zero-order valence-electron chi connectivity index (χ0n) is 10.5. The highest BCUT2D eigenvalue weighted by Crippen LogP contribution is 2.32. The molecule has 0 radical (unpaired) electrons. The van der Waals surface area contributed by atoms with Crippen LogP contribution in [-0.4, -0.2) is 23.0 Å². The number of rotatable bonds is 6. The summed E-state index contributed by atoms with van der Waals surface area (Å²) in [4.78, 5) is 16.7. The van der Waals surface area contributed by atoms with Crippen LogP contribution in [0.25, 0.3) is 0 Å². The van der Waals surface area contributed by atoms with Crippen molar-refractivity contribution in [1.82, 2.24) is 4.98 Å². The summed E-state index contributed by atoms with van der Waals surface area (Å²) < 4.78 is 0. The molecule has 6 nitrogen and oxygen atoms in total. The summed E-state index contributed by atoms with van der Waals surface area (Å²) in [6.45, 7) is 3.85. The maximum absolute atomic E-state index is 10.8. The van der Waals surface area contributed by atoms with Gasteiger partial charge in [0, 0.05) is 13.1 Å². The number of nitrogens with two attached hydrogens (primary N) is 1. The van der Waals surface area contributed by atoms with Crippen LogP contribution in [0.3, 0.4) is 0 Å². The van der Waals surface area contributed by atoms with Gasteiger partial charge in [0.25, 0.3) is 5.69 Å². The van der Waals surface area contributed by atoms with Crippen molar-refractivity contribution < 1.29 is 4.92 Å². The minimum atomic E-state index is -0.428. The van der Waals surface area contributed by atoms with Gasteiger partial charge >= 0.3 is 0 Å². The quantitative estimate of drug-likeness (QED) is 0.618. The first-order valence-corrected chi connectivity index (χ1v) is 6.27. The summed E-state index contributed by atoms with van der Waals surface area (Å²) in [6, 6.07) is 2.80. The lowest BCUT2D eigenvalue weighted by molar-refractivity contribution is -0.384. The third-order valence-electron chi connectivity index (χ3n) is 3.02. The predicted molar refractivity (Wildman–Crippen MR) is 70.5 cm³/mol. The molecule has 0 atom stereocenters.